The summed E-state index contributed by atoms with van der Waals surface area (Å²) in [5.74, 6) is -0.816. The van der Waals surface area contributed by atoms with Crippen LogP contribution in [0.4, 0.5) is 5.69 Å². The minimum atomic E-state index is -0.932. The summed E-state index contributed by atoms with van der Waals surface area (Å²) in [6.45, 7) is -0.149. The molecule has 1 rings (SSSR count). The van der Waals surface area contributed by atoms with Crippen LogP contribution in [0.5, 0.6) is 5.75 Å². The molecule has 0 unspecified atom stereocenters. The van der Waals surface area contributed by atoms with Crippen molar-refractivity contribution < 1.29 is 15.0 Å². The molecule has 0 heterocycles. The zero-order valence-corrected chi connectivity index (χ0v) is 7.54. The van der Waals surface area contributed by atoms with Crippen LogP contribution in [-0.2, 0) is 4.79 Å². The third-order valence-electron chi connectivity index (χ3n) is 1.29. The highest BCUT2D eigenvalue weighted by Gasteiger charge is 1.96. The molecule has 0 fully saturated rings. The lowest BCUT2D eigenvalue weighted by atomic mass is 10.3. The Bertz CT molecular complexity index is 290. The fraction of sp³-hybridized carbons (Fsp3) is 0.125. The average Bonchev–Trinajstić information content (AvgIpc) is 2.01. The van der Waals surface area contributed by atoms with E-state index in [1.54, 1.807) is 12.1 Å². The van der Waals surface area contributed by atoms with Gasteiger partial charge in [0.1, 0.15) is 12.3 Å². The predicted molar refractivity (Wildman–Crippen MR) is 51.5 cm³/mol. The van der Waals surface area contributed by atoms with Crippen LogP contribution in [0.1, 0.15) is 0 Å². The number of benzene rings is 1. The lowest BCUT2D eigenvalue weighted by Gasteiger charge is -2.02. The zero-order valence-electron chi connectivity index (χ0n) is 6.73. The summed E-state index contributed by atoms with van der Waals surface area (Å²) in [6, 6.07) is 6.30. The van der Waals surface area contributed by atoms with Crippen LogP contribution in [-0.4, -0.2) is 22.7 Å². The lowest BCUT2D eigenvalue weighted by Crippen LogP contribution is -2.11. The Morgan fingerprint density at radius 2 is 2.15 bits per heavy atom. The van der Waals surface area contributed by atoms with Crippen LogP contribution in [0.3, 0.4) is 0 Å². The highest BCUT2D eigenvalue weighted by Crippen LogP contribution is 2.14. The van der Waals surface area contributed by atoms with Crippen molar-refractivity contribution in [1.82, 2.24) is 0 Å². The number of halogens is 1. The quantitative estimate of drug-likeness (QED) is 0.693. The molecule has 5 heteroatoms. The Morgan fingerprint density at radius 1 is 1.46 bits per heavy atom. The van der Waals surface area contributed by atoms with Gasteiger partial charge in [0.15, 0.2) is 0 Å². The fourth-order valence-corrected chi connectivity index (χ4v) is 0.794. The van der Waals surface area contributed by atoms with Gasteiger partial charge in [0.05, 0.1) is 0 Å². The largest absolute Gasteiger partial charge is 0.508 e. The van der Waals surface area contributed by atoms with E-state index in [1.165, 1.54) is 12.1 Å². The van der Waals surface area contributed by atoms with E-state index in [2.05, 4.69) is 5.32 Å². The molecule has 0 aliphatic heterocycles. The molecule has 0 atom stereocenters. The monoisotopic (exact) mass is 203 g/mol. The number of aromatic hydroxyl groups is 1. The molecule has 0 aliphatic rings. The maximum absolute atomic E-state index is 10.1. The molecule has 0 aliphatic carbocycles. The van der Waals surface area contributed by atoms with Gasteiger partial charge in [-0.05, 0) is 12.1 Å². The number of carbonyl (C=O) groups is 1. The molecule has 0 amide bonds. The molecule has 0 aromatic heterocycles. The van der Waals surface area contributed by atoms with E-state index >= 15 is 0 Å². The first kappa shape index (κ1) is 11.6. The number of carboxylic acid groups (broad SMARTS) is 1. The Morgan fingerprint density at radius 3 is 2.69 bits per heavy atom. The van der Waals surface area contributed by atoms with Gasteiger partial charge in [0.2, 0.25) is 0 Å². The topological polar surface area (TPSA) is 69.6 Å². The maximum Gasteiger partial charge on any atom is 0.322 e. The van der Waals surface area contributed by atoms with Crippen molar-refractivity contribution in [3.63, 3.8) is 0 Å². The van der Waals surface area contributed by atoms with Crippen molar-refractivity contribution in [2.45, 2.75) is 0 Å². The highest BCUT2D eigenvalue weighted by molar-refractivity contribution is 5.85. The molecular formula is C8H10ClNO3. The van der Waals surface area contributed by atoms with E-state index in [-0.39, 0.29) is 24.7 Å². The molecule has 72 valence electrons. The van der Waals surface area contributed by atoms with E-state index in [0.29, 0.717) is 5.69 Å². The molecule has 0 saturated carbocycles. The normalized spacial score (nSPS) is 8.62. The van der Waals surface area contributed by atoms with Gasteiger partial charge in [0.25, 0.3) is 0 Å². The van der Waals surface area contributed by atoms with Gasteiger partial charge in [-0.15, -0.1) is 12.4 Å². The van der Waals surface area contributed by atoms with Crippen molar-refractivity contribution in [2.75, 3.05) is 11.9 Å². The number of hydrogen-bond donors (Lipinski definition) is 3. The highest BCUT2D eigenvalue weighted by atomic mass is 35.5. The van der Waals surface area contributed by atoms with Gasteiger partial charge in [-0.2, -0.15) is 0 Å². The Labute approximate surface area is 81.6 Å². The molecule has 0 bridgehead atoms. The van der Waals surface area contributed by atoms with Crippen molar-refractivity contribution in [3.8, 4) is 5.75 Å². The van der Waals surface area contributed by atoms with Crippen molar-refractivity contribution in [3.05, 3.63) is 24.3 Å². The van der Waals surface area contributed by atoms with Crippen LogP contribution in [0.15, 0.2) is 24.3 Å². The van der Waals surface area contributed by atoms with Crippen molar-refractivity contribution >= 4 is 24.1 Å². The smallest absolute Gasteiger partial charge is 0.322 e. The first-order valence-corrected chi connectivity index (χ1v) is 3.43. The number of nitrogens with one attached hydrogen (secondary N) is 1. The van der Waals surface area contributed by atoms with Crippen molar-refractivity contribution in [1.29, 1.82) is 0 Å². The van der Waals surface area contributed by atoms with Crippen LogP contribution in [0, 0.1) is 0 Å². The van der Waals surface area contributed by atoms with Crippen LogP contribution < -0.4 is 5.32 Å². The first-order chi connectivity index (χ1) is 5.68. The second kappa shape index (κ2) is 5.27. The molecule has 3 N–H and O–H groups in total. The first-order valence-electron chi connectivity index (χ1n) is 3.43. The van der Waals surface area contributed by atoms with Gasteiger partial charge in [-0.1, -0.05) is 6.07 Å². The molecular weight excluding hydrogens is 194 g/mol. The molecule has 0 radical (unpaired) electrons. The Balaban J connectivity index is 0.00000144. The average molecular weight is 204 g/mol. The summed E-state index contributed by atoms with van der Waals surface area (Å²) >= 11 is 0. The Kier molecular flexibility index (Phi) is 4.69. The van der Waals surface area contributed by atoms with Crippen LogP contribution >= 0.6 is 12.4 Å². The van der Waals surface area contributed by atoms with E-state index in [0.717, 1.165) is 0 Å². The number of rotatable bonds is 3. The lowest BCUT2D eigenvalue weighted by molar-refractivity contribution is -0.134. The van der Waals surface area contributed by atoms with Gasteiger partial charge in [0, 0.05) is 11.8 Å². The summed E-state index contributed by atoms with van der Waals surface area (Å²) in [5, 5.41) is 19.9. The second-order valence-electron chi connectivity index (χ2n) is 2.30. The Hall–Kier alpha value is -1.42. The van der Waals surface area contributed by atoms with E-state index in [4.69, 9.17) is 10.2 Å². The third kappa shape index (κ3) is 4.22. The van der Waals surface area contributed by atoms with Gasteiger partial charge < -0.3 is 15.5 Å². The summed E-state index contributed by atoms with van der Waals surface area (Å²) < 4.78 is 0. The number of carboxylic acids is 1. The van der Waals surface area contributed by atoms with Crippen molar-refractivity contribution in [2.24, 2.45) is 0 Å². The standard InChI is InChI=1S/C8H9NO3.ClH/c10-7-3-1-2-6(4-7)9-5-8(11)12;/h1-4,9-10H,5H2,(H,11,12);1H. The molecule has 0 saturated heterocycles. The minimum absolute atomic E-state index is 0. The number of hydrogen-bond acceptors (Lipinski definition) is 3. The zero-order chi connectivity index (χ0) is 8.97. The van der Waals surface area contributed by atoms with Gasteiger partial charge >= 0.3 is 5.97 Å². The van der Waals surface area contributed by atoms with Crippen LogP contribution in [0.25, 0.3) is 0 Å². The number of phenolic OH excluding ortho intramolecular Hbond substituents is 1. The number of phenols is 1. The summed E-state index contributed by atoms with van der Waals surface area (Å²) in [6.07, 6.45) is 0. The molecule has 13 heavy (non-hydrogen) atoms. The third-order valence-corrected chi connectivity index (χ3v) is 1.29. The number of anilines is 1. The van der Waals surface area contributed by atoms with Gasteiger partial charge in [-0.25, -0.2) is 0 Å². The van der Waals surface area contributed by atoms with E-state index in [9.17, 15) is 4.79 Å². The number of aliphatic carboxylic acids is 1. The summed E-state index contributed by atoms with van der Waals surface area (Å²) in [4.78, 5) is 10.1. The fourth-order valence-electron chi connectivity index (χ4n) is 0.794. The molecule has 1 aromatic rings. The van der Waals surface area contributed by atoms with Gasteiger partial charge in [-0.3, -0.25) is 4.79 Å². The summed E-state index contributed by atoms with van der Waals surface area (Å²) in [5.41, 5.74) is 0.595. The summed E-state index contributed by atoms with van der Waals surface area (Å²) in [7, 11) is 0. The predicted octanol–water partition coefficient (Wildman–Crippen LogP) is 1.31. The molecule has 4 nitrogen and oxygen atoms in total. The maximum atomic E-state index is 10.1. The SMILES string of the molecule is Cl.O=C(O)CNc1cccc(O)c1. The van der Waals surface area contributed by atoms with Crippen LogP contribution in [0.2, 0.25) is 0 Å². The second-order valence-corrected chi connectivity index (χ2v) is 2.30. The minimum Gasteiger partial charge on any atom is -0.508 e. The van der Waals surface area contributed by atoms with E-state index in [1.807, 2.05) is 0 Å². The molecule has 0 spiro atoms. The van der Waals surface area contributed by atoms with E-state index < -0.39 is 5.97 Å². The molecule has 1 aromatic carbocycles.